The Hall–Kier alpha value is -2.28. The monoisotopic (exact) mass is 375 g/mol. The van der Waals surface area contributed by atoms with Crippen molar-refractivity contribution in [1.82, 2.24) is 15.1 Å². The van der Waals surface area contributed by atoms with E-state index in [-0.39, 0.29) is 18.8 Å². The van der Waals surface area contributed by atoms with E-state index in [1.165, 1.54) is 0 Å². The van der Waals surface area contributed by atoms with Crippen LogP contribution in [0, 0.1) is 0 Å². The highest BCUT2D eigenvalue weighted by molar-refractivity contribution is 5.71. The molecule has 3 rings (SSSR count). The van der Waals surface area contributed by atoms with Gasteiger partial charge in [-0.05, 0) is 32.8 Å². The van der Waals surface area contributed by atoms with Crippen molar-refractivity contribution in [3.63, 3.8) is 0 Å². The van der Waals surface area contributed by atoms with Crippen molar-refractivity contribution in [2.24, 2.45) is 0 Å². The SMILES string of the molecule is CC(C)(C)OC(=O)N1CC[C@@]2(CNCCN2C(=O)OCc2ccccc2)C1. The van der Waals surface area contributed by atoms with Gasteiger partial charge in [0.15, 0.2) is 0 Å². The van der Waals surface area contributed by atoms with Crippen LogP contribution in [0.15, 0.2) is 30.3 Å². The molecule has 0 unspecified atom stereocenters. The zero-order valence-electron chi connectivity index (χ0n) is 16.4. The molecule has 7 heteroatoms. The molecule has 2 saturated heterocycles. The second kappa shape index (κ2) is 7.76. The number of rotatable bonds is 2. The van der Waals surface area contributed by atoms with Crippen LogP contribution in [-0.4, -0.2) is 65.9 Å². The zero-order chi connectivity index (χ0) is 19.5. The minimum Gasteiger partial charge on any atom is -0.445 e. The topological polar surface area (TPSA) is 71.1 Å². The van der Waals surface area contributed by atoms with Gasteiger partial charge in [-0.2, -0.15) is 0 Å². The summed E-state index contributed by atoms with van der Waals surface area (Å²) in [7, 11) is 0. The van der Waals surface area contributed by atoms with E-state index in [0.717, 1.165) is 5.56 Å². The van der Waals surface area contributed by atoms with Gasteiger partial charge in [0.1, 0.15) is 12.2 Å². The highest BCUT2D eigenvalue weighted by atomic mass is 16.6. The molecule has 0 bridgehead atoms. The summed E-state index contributed by atoms with van der Waals surface area (Å²) < 4.78 is 11.0. The molecule has 0 saturated carbocycles. The third-order valence-electron chi connectivity index (χ3n) is 4.95. The number of carbonyl (C=O) groups excluding carboxylic acids is 2. The van der Waals surface area contributed by atoms with E-state index in [0.29, 0.717) is 39.1 Å². The zero-order valence-corrected chi connectivity index (χ0v) is 16.4. The van der Waals surface area contributed by atoms with Crippen LogP contribution < -0.4 is 5.32 Å². The Kier molecular flexibility index (Phi) is 5.60. The van der Waals surface area contributed by atoms with Crippen LogP contribution in [0.4, 0.5) is 9.59 Å². The number of carbonyl (C=O) groups is 2. The predicted octanol–water partition coefficient (Wildman–Crippen LogP) is 2.61. The van der Waals surface area contributed by atoms with Crippen molar-refractivity contribution in [2.45, 2.75) is 44.9 Å². The van der Waals surface area contributed by atoms with Crippen LogP contribution in [0.1, 0.15) is 32.8 Å². The van der Waals surface area contributed by atoms with E-state index in [9.17, 15) is 9.59 Å². The van der Waals surface area contributed by atoms with Gasteiger partial charge in [-0.25, -0.2) is 9.59 Å². The van der Waals surface area contributed by atoms with E-state index >= 15 is 0 Å². The number of piperazine rings is 1. The summed E-state index contributed by atoms with van der Waals surface area (Å²) in [6, 6.07) is 9.64. The molecule has 2 aliphatic heterocycles. The fraction of sp³-hybridized carbons (Fsp3) is 0.600. The maximum atomic E-state index is 12.8. The van der Waals surface area contributed by atoms with Gasteiger partial charge in [0.2, 0.25) is 0 Å². The standard InChI is InChI=1S/C20H29N3O4/c1-19(2,3)27-17(24)22-11-9-20(15-22)14-21-10-12-23(20)18(25)26-13-16-7-5-4-6-8-16/h4-8,21H,9-15H2,1-3H3/t20-/m1/s1. The molecule has 0 aromatic heterocycles. The minimum absolute atomic E-state index is 0.245. The molecule has 1 atom stereocenters. The van der Waals surface area contributed by atoms with E-state index in [4.69, 9.17) is 9.47 Å². The Balaban J connectivity index is 1.64. The molecule has 1 aromatic carbocycles. The third kappa shape index (κ3) is 4.71. The van der Waals surface area contributed by atoms with Crippen molar-refractivity contribution < 1.29 is 19.1 Å². The Morgan fingerprint density at radius 3 is 2.59 bits per heavy atom. The minimum atomic E-state index is -0.536. The fourth-order valence-corrected chi connectivity index (χ4v) is 3.63. The summed E-state index contributed by atoms with van der Waals surface area (Å²) in [5, 5.41) is 3.36. The normalized spacial score (nSPS) is 22.8. The highest BCUT2D eigenvalue weighted by Crippen LogP contribution is 2.31. The lowest BCUT2D eigenvalue weighted by molar-refractivity contribution is 0.0163. The second-order valence-electron chi connectivity index (χ2n) is 8.24. The first kappa shape index (κ1) is 19.5. The maximum Gasteiger partial charge on any atom is 0.410 e. The summed E-state index contributed by atoms with van der Waals surface area (Å²) in [5.74, 6) is 0. The summed E-state index contributed by atoms with van der Waals surface area (Å²) in [6.07, 6.45) is 0.0496. The summed E-state index contributed by atoms with van der Waals surface area (Å²) in [6.45, 7) is 8.76. The van der Waals surface area contributed by atoms with Crippen LogP contribution in [-0.2, 0) is 16.1 Å². The van der Waals surface area contributed by atoms with Gasteiger partial charge in [-0.3, -0.25) is 4.90 Å². The first-order valence-electron chi connectivity index (χ1n) is 9.46. The first-order chi connectivity index (χ1) is 12.8. The van der Waals surface area contributed by atoms with Crippen LogP contribution >= 0.6 is 0 Å². The van der Waals surface area contributed by atoms with E-state index in [1.807, 2.05) is 51.1 Å². The van der Waals surface area contributed by atoms with Gasteiger partial charge in [0.25, 0.3) is 0 Å². The molecule has 1 N–H and O–H groups in total. The molecule has 2 fully saturated rings. The van der Waals surface area contributed by atoms with E-state index < -0.39 is 11.1 Å². The Morgan fingerprint density at radius 1 is 1.15 bits per heavy atom. The average molecular weight is 375 g/mol. The lowest BCUT2D eigenvalue weighted by atomic mass is 9.94. The van der Waals surface area contributed by atoms with E-state index in [1.54, 1.807) is 9.80 Å². The van der Waals surface area contributed by atoms with Crippen LogP contribution in [0.5, 0.6) is 0 Å². The summed E-state index contributed by atoms with van der Waals surface area (Å²) in [4.78, 5) is 28.7. The number of likely N-dealkylation sites (tertiary alicyclic amines) is 1. The van der Waals surface area contributed by atoms with Crippen molar-refractivity contribution >= 4 is 12.2 Å². The largest absolute Gasteiger partial charge is 0.445 e. The number of benzene rings is 1. The number of amides is 2. The van der Waals surface area contributed by atoms with Crippen molar-refractivity contribution in [1.29, 1.82) is 0 Å². The van der Waals surface area contributed by atoms with Crippen molar-refractivity contribution in [2.75, 3.05) is 32.7 Å². The molecule has 1 spiro atoms. The second-order valence-corrected chi connectivity index (χ2v) is 8.24. The van der Waals surface area contributed by atoms with Crippen LogP contribution in [0.3, 0.4) is 0 Å². The van der Waals surface area contributed by atoms with Gasteiger partial charge in [-0.1, -0.05) is 30.3 Å². The van der Waals surface area contributed by atoms with Crippen LogP contribution in [0.2, 0.25) is 0 Å². The number of nitrogens with zero attached hydrogens (tertiary/aromatic N) is 2. The number of hydrogen-bond donors (Lipinski definition) is 1. The van der Waals surface area contributed by atoms with Crippen LogP contribution in [0.25, 0.3) is 0 Å². The Bertz CT molecular complexity index is 674. The highest BCUT2D eigenvalue weighted by Gasteiger charge is 2.49. The van der Waals surface area contributed by atoms with E-state index in [2.05, 4.69) is 5.32 Å². The molecule has 148 valence electrons. The molecular formula is C20H29N3O4. The van der Waals surface area contributed by atoms with Gasteiger partial charge >= 0.3 is 12.2 Å². The molecule has 0 aliphatic carbocycles. The summed E-state index contributed by atoms with van der Waals surface area (Å²) in [5.41, 5.74) is -0.0219. The number of hydrogen-bond acceptors (Lipinski definition) is 5. The Labute approximate surface area is 160 Å². The van der Waals surface area contributed by atoms with Gasteiger partial charge in [0.05, 0.1) is 5.54 Å². The average Bonchev–Trinajstić information content (AvgIpc) is 3.04. The van der Waals surface area contributed by atoms with Gasteiger partial charge < -0.3 is 19.7 Å². The number of ether oxygens (including phenoxy) is 2. The lowest BCUT2D eigenvalue weighted by Crippen LogP contribution is -2.64. The first-order valence-corrected chi connectivity index (χ1v) is 9.46. The molecule has 0 radical (unpaired) electrons. The smallest absolute Gasteiger partial charge is 0.410 e. The number of nitrogens with one attached hydrogen (secondary N) is 1. The predicted molar refractivity (Wildman–Crippen MR) is 101 cm³/mol. The molecular weight excluding hydrogens is 346 g/mol. The van der Waals surface area contributed by atoms with Gasteiger partial charge in [-0.15, -0.1) is 0 Å². The molecule has 2 heterocycles. The molecule has 7 nitrogen and oxygen atoms in total. The van der Waals surface area contributed by atoms with Crippen molar-refractivity contribution in [3.8, 4) is 0 Å². The van der Waals surface area contributed by atoms with Gasteiger partial charge in [0, 0.05) is 32.7 Å². The lowest BCUT2D eigenvalue weighted by Gasteiger charge is -2.44. The molecule has 2 amide bonds. The maximum absolute atomic E-state index is 12.8. The molecule has 2 aliphatic rings. The van der Waals surface area contributed by atoms with Crippen molar-refractivity contribution in [3.05, 3.63) is 35.9 Å². The fourth-order valence-electron chi connectivity index (χ4n) is 3.63. The quantitative estimate of drug-likeness (QED) is 0.860. The molecule has 1 aromatic rings. The molecule has 27 heavy (non-hydrogen) atoms. The Morgan fingerprint density at radius 2 is 1.89 bits per heavy atom. The third-order valence-corrected chi connectivity index (χ3v) is 4.95. The summed E-state index contributed by atoms with van der Waals surface area (Å²) >= 11 is 0.